The molecule has 0 atom stereocenters. The molecule has 8 aliphatic carbocycles. The maximum absolute atomic E-state index is 13.2. The number of esters is 2. The van der Waals surface area contributed by atoms with Crippen molar-refractivity contribution in [3.63, 3.8) is 0 Å². The predicted molar refractivity (Wildman–Crippen MR) is 108 cm³/mol. The van der Waals surface area contributed by atoms with Gasteiger partial charge in [-0.2, -0.15) is 0 Å². The van der Waals surface area contributed by atoms with Crippen LogP contribution in [0.1, 0.15) is 90.4 Å². The van der Waals surface area contributed by atoms with E-state index in [1.807, 2.05) is 6.92 Å². The fourth-order valence-corrected chi connectivity index (χ4v) is 9.31. The molecule has 0 heterocycles. The molecular weight excluding hydrogens is 364 g/mol. The fourth-order valence-electron chi connectivity index (χ4n) is 9.31. The van der Waals surface area contributed by atoms with Crippen LogP contribution in [0.25, 0.3) is 0 Å². The number of hydrogen-bond donors (Lipinski definition) is 0. The van der Waals surface area contributed by atoms with Crippen LogP contribution in [0.15, 0.2) is 0 Å². The first kappa shape index (κ1) is 18.7. The lowest BCUT2D eigenvalue weighted by Gasteiger charge is -2.56. The topological polar surface area (TPSA) is 52.6 Å². The summed E-state index contributed by atoms with van der Waals surface area (Å²) in [7, 11) is 0. The summed E-state index contributed by atoms with van der Waals surface area (Å²) in [6.45, 7) is 1.92. The van der Waals surface area contributed by atoms with Crippen molar-refractivity contribution >= 4 is 11.9 Å². The van der Waals surface area contributed by atoms with Gasteiger partial charge in [-0.1, -0.05) is 6.92 Å². The lowest BCUT2D eigenvalue weighted by molar-refractivity contribution is -0.204. The maximum Gasteiger partial charge on any atom is 0.320 e. The standard InChI is InChI=1S/C25H36O4/c1-2-21(22(26)28-24-9-15-3-16(10-24)5-17(4-15)11-24)23(27)29-25-12-18-6-19(13-25)8-20(7-18)14-25/h15-21H,2-14H2,1H3. The molecule has 0 aromatic rings. The third kappa shape index (κ3) is 3.15. The molecule has 8 bridgehead atoms. The second-order valence-corrected chi connectivity index (χ2v) is 12.0. The molecule has 0 radical (unpaired) electrons. The van der Waals surface area contributed by atoms with Crippen LogP contribution in [-0.2, 0) is 19.1 Å². The molecule has 0 N–H and O–H groups in total. The molecule has 8 aliphatic rings. The van der Waals surface area contributed by atoms with Crippen molar-refractivity contribution in [3.8, 4) is 0 Å². The number of carbonyl (C=O) groups excluding carboxylic acids is 2. The van der Waals surface area contributed by atoms with Gasteiger partial charge in [-0.25, -0.2) is 0 Å². The minimum atomic E-state index is -0.740. The molecule has 0 aromatic heterocycles. The fraction of sp³-hybridized carbons (Fsp3) is 0.920. The predicted octanol–water partition coefficient (Wildman–Crippen LogP) is 5.04. The van der Waals surface area contributed by atoms with E-state index < -0.39 is 5.92 Å². The highest BCUT2D eigenvalue weighted by Gasteiger charge is 2.56. The first-order chi connectivity index (χ1) is 13.9. The van der Waals surface area contributed by atoms with Gasteiger partial charge >= 0.3 is 11.9 Å². The van der Waals surface area contributed by atoms with Crippen molar-refractivity contribution in [2.24, 2.45) is 41.4 Å². The molecule has 4 nitrogen and oxygen atoms in total. The molecule has 4 heteroatoms. The van der Waals surface area contributed by atoms with Crippen LogP contribution in [-0.4, -0.2) is 23.1 Å². The van der Waals surface area contributed by atoms with E-state index >= 15 is 0 Å². The Morgan fingerprint density at radius 1 is 0.655 bits per heavy atom. The zero-order valence-corrected chi connectivity index (χ0v) is 17.9. The molecule has 0 saturated heterocycles. The van der Waals surface area contributed by atoms with Gasteiger partial charge < -0.3 is 9.47 Å². The summed E-state index contributed by atoms with van der Waals surface area (Å²) in [5, 5.41) is 0. The SMILES string of the molecule is CCC(C(=O)OC12CC3CC(CC(C3)C1)C2)C(=O)OC12CC3CC(CC(C3)C1)C2. The largest absolute Gasteiger partial charge is 0.458 e. The average molecular weight is 401 g/mol. The summed E-state index contributed by atoms with van der Waals surface area (Å²) in [5.41, 5.74) is -0.555. The van der Waals surface area contributed by atoms with Crippen LogP contribution in [0, 0.1) is 41.4 Å². The first-order valence-corrected chi connectivity index (χ1v) is 12.4. The number of hydrogen-bond acceptors (Lipinski definition) is 4. The molecule has 0 unspecified atom stereocenters. The second kappa shape index (κ2) is 6.47. The zero-order chi connectivity index (χ0) is 19.8. The molecule has 0 spiro atoms. The normalized spacial score (nSPS) is 49.8. The van der Waals surface area contributed by atoms with E-state index in [0.29, 0.717) is 6.42 Å². The third-order valence-electron chi connectivity index (χ3n) is 9.58. The molecule has 8 fully saturated rings. The molecule has 29 heavy (non-hydrogen) atoms. The van der Waals surface area contributed by atoms with Crippen molar-refractivity contribution in [2.45, 2.75) is 102 Å². The lowest BCUT2D eigenvalue weighted by Crippen LogP contribution is -2.55. The van der Waals surface area contributed by atoms with Crippen molar-refractivity contribution in [2.75, 3.05) is 0 Å². The van der Waals surface area contributed by atoms with Gasteiger partial charge in [-0.05, 0) is 119 Å². The van der Waals surface area contributed by atoms with Gasteiger partial charge in [0.25, 0.3) is 0 Å². The van der Waals surface area contributed by atoms with E-state index in [2.05, 4.69) is 0 Å². The van der Waals surface area contributed by atoms with Crippen molar-refractivity contribution < 1.29 is 19.1 Å². The Morgan fingerprint density at radius 3 is 1.17 bits per heavy atom. The maximum atomic E-state index is 13.2. The van der Waals surface area contributed by atoms with E-state index in [1.54, 1.807) is 0 Å². The number of ether oxygens (including phenoxy) is 2. The van der Waals surface area contributed by atoms with Crippen molar-refractivity contribution in [3.05, 3.63) is 0 Å². The quantitative estimate of drug-likeness (QED) is 0.479. The smallest absolute Gasteiger partial charge is 0.320 e. The summed E-state index contributed by atoms with van der Waals surface area (Å²) in [6.07, 6.45) is 14.5. The molecule has 160 valence electrons. The molecule has 0 aromatic carbocycles. The van der Waals surface area contributed by atoms with Crippen LogP contribution < -0.4 is 0 Å². The molecule has 8 rings (SSSR count). The van der Waals surface area contributed by atoms with Gasteiger partial charge in [0, 0.05) is 0 Å². The Balaban J connectivity index is 1.14. The van der Waals surface area contributed by atoms with Gasteiger partial charge in [0.15, 0.2) is 5.92 Å². The van der Waals surface area contributed by atoms with Gasteiger partial charge in [0.2, 0.25) is 0 Å². The second-order valence-electron chi connectivity index (χ2n) is 12.0. The summed E-state index contributed by atoms with van der Waals surface area (Å²) in [4.78, 5) is 26.3. The minimum Gasteiger partial charge on any atom is -0.458 e. The van der Waals surface area contributed by atoms with Gasteiger partial charge in [-0.3, -0.25) is 9.59 Å². The highest BCUT2D eigenvalue weighted by atomic mass is 16.6. The number of carbonyl (C=O) groups is 2. The van der Waals surface area contributed by atoms with Crippen LogP contribution in [0.2, 0.25) is 0 Å². The highest BCUT2D eigenvalue weighted by molar-refractivity contribution is 5.95. The van der Waals surface area contributed by atoms with Crippen molar-refractivity contribution in [1.82, 2.24) is 0 Å². The summed E-state index contributed by atoms with van der Waals surface area (Å²) >= 11 is 0. The Bertz CT molecular complexity index is 581. The lowest BCUT2D eigenvalue weighted by atomic mass is 9.54. The van der Waals surface area contributed by atoms with E-state index in [9.17, 15) is 9.59 Å². The van der Waals surface area contributed by atoms with Crippen LogP contribution >= 0.6 is 0 Å². The Morgan fingerprint density at radius 2 is 0.931 bits per heavy atom. The van der Waals surface area contributed by atoms with Gasteiger partial charge in [0.1, 0.15) is 11.2 Å². The third-order valence-corrected chi connectivity index (χ3v) is 9.58. The van der Waals surface area contributed by atoms with E-state index in [0.717, 1.165) is 74.0 Å². The van der Waals surface area contributed by atoms with Crippen LogP contribution in [0.3, 0.4) is 0 Å². The van der Waals surface area contributed by atoms with E-state index in [1.165, 1.54) is 38.5 Å². The zero-order valence-electron chi connectivity index (χ0n) is 17.9. The molecular formula is C25H36O4. The average Bonchev–Trinajstić information content (AvgIpc) is 2.58. The van der Waals surface area contributed by atoms with Crippen LogP contribution in [0.4, 0.5) is 0 Å². The first-order valence-electron chi connectivity index (χ1n) is 12.4. The Labute approximate surface area is 174 Å². The Hall–Kier alpha value is -1.06. The summed E-state index contributed by atoms with van der Waals surface area (Å²) < 4.78 is 12.4. The molecule has 0 amide bonds. The highest BCUT2D eigenvalue weighted by Crippen LogP contribution is 2.58. The number of rotatable bonds is 5. The van der Waals surface area contributed by atoms with Crippen molar-refractivity contribution in [1.29, 1.82) is 0 Å². The van der Waals surface area contributed by atoms with Gasteiger partial charge in [0.05, 0.1) is 0 Å². The Kier molecular flexibility index (Phi) is 4.17. The minimum absolute atomic E-state index is 0.278. The molecule has 8 saturated carbocycles. The monoisotopic (exact) mass is 400 g/mol. The molecule has 0 aliphatic heterocycles. The summed E-state index contributed by atoms with van der Waals surface area (Å²) in [5.74, 6) is 3.04. The van der Waals surface area contributed by atoms with Gasteiger partial charge in [-0.15, -0.1) is 0 Å². The van der Waals surface area contributed by atoms with E-state index in [4.69, 9.17) is 9.47 Å². The van der Waals surface area contributed by atoms with E-state index in [-0.39, 0.29) is 23.1 Å². The van der Waals surface area contributed by atoms with Crippen LogP contribution in [0.5, 0.6) is 0 Å². The summed E-state index contributed by atoms with van der Waals surface area (Å²) in [6, 6.07) is 0.